The SMILES string of the molecule is CCOC(=O)Cc1ccc(-c2ccnc(F)c2)nc1. The van der Waals surface area contributed by atoms with E-state index in [0.717, 1.165) is 5.56 Å². The number of aromatic nitrogens is 2. The first kappa shape index (κ1) is 13.1. The molecule has 0 saturated carbocycles. The minimum absolute atomic E-state index is 0.186. The highest BCUT2D eigenvalue weighted by molar-refractivity contribution is 5.72. The van der Waals surface area contributed by atoms with E-state index in [0.29, 0.717) is 17.9 Å². The van der Waals surface area contributed by atoms with Crippen LogP contribution in [-0.2, 0) is 16.0 Å². The van der Waals surface area contributed by atoms with E-state index in [-0.39, 0.29) is 12.4 Å². The molecule has 2 heterocycles. The smallest absolute Gasteiger partial charge is 0.310 e. The molecule has 19 heavy (non-hydrogen) atoms. The molecule has 2 aromatic rings. The molecule has 2 rings (SSSR count). The van der Waals surface area contributed by atoms with Crippen LogP contribution in [0.2, 0.25) is 0 Å². The van der Waals surface area contributed by atoms with Gasteiger partial charge in [-0.15, -0.1) is 0 Å². The molecule has 5 heteroatoms. The summed E-state index contributed by atoms with van der Waals surface area (Å²) in [5.74, 6) is -0.832. The van der Waals surface area contributed by atoms with Crippen LogP contribution >= 0.6 is 0 Å². The zero-order chi connectivity index (χ0) is 13.7. The maximum absolute atomic E-state index is 13.0. The second-order valence-electron chi connectivity index (χ2n) is 3.90. The van der Waals surface area contributed by atoms with Gasteiger partial charge < -0.3 is 4.74 Å². The fourth-order valence-electron chi connectivity index (χ4n) is 1.64. The van der Waals surface area contributed by atoms with Gasteiger partial charge in [0.15, 0.2) is 0 Å². The van der Waals surface area contributed by atoms with Crippen LogP contribution in [-0.4, -0.2) is 22.5 Å². The Kier molecular flexibility index (Phi) is 4.18. The Hall–Kier alpha value is -2.30. The van der Waals surface area contributed by atoms with Crippen LogP contribution in [0.15, 0.2) is 36.7 Å². The first-order chi connectivity index (χ1) is 9.19. The van der Waals surface area contributed by atoms with Crippen molar-refractivity contribution in [2.24, 2.45) is 0 Å². The Morgan fingerprint density at radius 1 is 1.32 bits per heavy atom. The minimum atomic E-state index is -0.546. The van der Waals surface area contributed by atoms with Crippen molar-refractivity contribution in [1.29, 1.82) is 0 Å². The summed E-state index contributed by atoms with van der Waals surface area (Å²) in [5, 5.41) is 0. The first-order valence-corrected chi connectivity index (χ1v) is 5.91. The van der Waals surface area contributed by atoms with Crippen molar-refractivity contribution in [2.75, 3.05) is 6.61 Å². The summed E-state index contributed by atoms with van der Waals surface area (Å²) >= 11 is 0. The second-order valence-corrected chi connectivity index (χ2v) is 3.90. The molecule has 0 radical (unpaired) electrons. The summed E-state index contributed by atoms with van der Waals surface area (Å²) in [7, 11) is 0. The van der Waals surface area contributed by atoms with Gasteiger partial charge >= 0.3 is 5.97 Å². The van der Waals surface area contributed by atoms with Crippen LogP contribution < -0.4 is 0 Å². The summed E-state index contributed by atoms with van der Waals surface area (Å²) < 4.78 is 17.8. The van der Waals surface area contributed by atoms with Gasteiger partial charge in [-0.3, -0.25) is 9.78 Å². The number of pyridine rings is 2. The fourth-order valence-corrected chi connectivity index (χ4v) is 1.64. The van der Waals surface area contributed by atoms with Crippen LogP contribution in [0.25, 0.3) is 11.3 Å². The van der Waals surface area contributed by atoms with Crippen molar-refractivity contribution >= 4 is 5.97 Å². The number of carbonyl (C=O) groups excluding carboxylic acids is 1. The summed E-state index contributed by atoms with van der Waals surface area (Å²) in [5.41, 5.74) is 2.04. The third kappa shape index (κ3) is 3.58. The van der Waals surface area contributed by atoms with Gasteiger partial charge in [0.1, 0.15) is 0 Å². The summed E-state index contributed by atoms with van der Waals surface area (Å²) in [6, 6.07) is 6.50. The quantitative estimate of drug-likeness (QED) is 0.625. The second kappa shape index (κ2) is 6.04. The van der Waals surface area contributed by atoms with E-state index in [1.807, 2.05) is 0 Å². The average molecular weight is 260 g/mol. The highest BCUT2D eigenvalue weighted by Crippen LogP contribution is 2.17. The molecular formula is C14H13FN2O2. The van der Waals surface area contributed by atoms with E-state index in [2.05, 4.69) is 9.97 Å². The number of esters is 1. The zero-order valence-electron chi connectivity index (χ0n) is 10.5. The van der Waals surface area contributed by atoms with Gasteiger partial charge in [0.25, 0.3) is 0 Å². The Morgan fingerprint density at radius 2 is 2.16 bits per heavy atom. The normalized spacial score (nSPS) is 10.2. The Labute approximate surface area is 110 Å². The van der Waals surface area contributed by atoms with E-state index in [1.54, 1.807) is 31.3 Å². The third-order valence-electron chi connectivity index (χ3n) is 2.50. The Balaban J connectivity index is 2.12. The van der Waals surface area contributed by atoms with E-state index in [9.17, 15) is 9.18 Å². The van der Waals surface area contributed by atoms with Gasteiger partial charge in [0, 0.05) is 24.0 Å². The monoisotopic (exact) mass is 260 g/mol. The molecular weight excluding hydrogens is 247 g/mol. The summed E-state index contributed by atoms with van der Waals surface area (Å²) in [6.07, 6.45) is 3.16. The first-order valence-electron chi connectivity index (χ1n) is 5.91. The lowest BCUT2D eigenvalue weighted by Gasteiger charge is -2.04. The Bertz CT molecular complexity index is 570. The standard InChI is InChI=1S/C14H13FN2O2/c1-2-19-14(18)7-10-3-4-12(17-9-10)11-5-6-16-13(15)8-11/h3-6,8-9H,2,7H2,1H3. The highest BCUT2D eigenvalue weighted by Gasteiger charge is 2.06. The number of ether oxygens (including phenoxy) is 1. The fraction of sp³-hybridized carbons (Fsp3) is 0.214. The molecule has 0 spiro atoms. The third-order valence-corrected chi connectivity index (χ3v) is 2.50. The number of rotatable bonds is 4. The Morgan fingerprint density at radius 3 is 2.79 bits per heavy atom. The van der Waals surface area contributed by atoms with Gasteiger partial charge in [-0.2, -0.15) is 4.39 Å². The molecule has 0 unspecified atom stereocenters. The maximum atomic E-state index is 13.0. The summed E-state index contributed by atoms with van der Waals surface area (Å²) in [6.45, 7) is 2.12. The number of hydrogen-bond acceptors (Lipinski definition) is 4. The van der Waals surface area contributed by atoms with Crippen molar-refractivity contribution in [3.05, 3.63) is 48.2 Å². The number of hydrogen-bond donors (Lipinski definition) is 0. The van der Waals surface area contributed by atoms with E-state index >= 15 is 0 Å². The topological polar surface area (TPSA) is 52.1 Å². The van der Waals surface area contributed by atoms with Crippen LogP contribution in [0, 0.1) is 5.95 Å². The number of carbonyl (C=O) groups is 1. The largest absolute Gasteiger partial charge is 0.466 e. The lowest BCUT2D eigenvalue weighted by molar-refractivity contribution is -0.142. The molecule has 0 fully saturated rings. The molecule has 0 N–H and O–H groups in total. The van der Waals surface area contributed by atoms with Crippen molar-refractivity contribution in [1.82, 2.24) is 9.97 Å². The maximum Gasteiger partial charge on any atom is 0.310 e. The van der Waals surface area contributed by atoms with E-state index in [1.165, 1.54) is 12.3 Å². The van der Waals surface area contributed by atoms with Gasteiger partial charge in [-0.1, -0.05) is 6.07 Å². The van der Waals surface area contributed by atoms with E-state index < -0.39 is 5.95 Å². The average Bonchev–Trinajstić information content (AvgIpc) is 2.40. The molecule has 0 aliphatic rings. The van der Waals surface area contributed by atoms with Gasteiger partial charge in [-0.05, 0) is 24.6 Å². The van der Waals surface area contributed by atoms with Gasteiger partial charge in [0.2, 0.25) is 5.95 Å². The molecule has 0 aliphatic carbocycles. The molecule has 98 valence electrons. The van der Waals surface area contributed by atoms with Crippen LogP contribution in [0.4, 0.5) is 4.39 Å². The van der Waals surface area contributed by atoms with Crippen LogP contribution in [0.1, 0.15) is 12.5 Å². The molecule has 0 atom stereocenters. The highest BCUT2D eigenvalue weighted by atomic mass is 19.1. The molecule has 0 bridgehead atoms. The minimum Gasteiger partial charge on any atom is -0.466 e. The molecule has 2 aromatic heterocycles. The van der Waals surface area contributed by atoms with Crippen molar-refractivity contribution in [3.63, 3.8) is 0 Å². The molecule has 0 aliphatic heterocycles. The predicted octanol–water partition coefficient (Wildman–Crippen LogP) is 2.39. The number of nitrogens with zero attached hydrogens (tertiary/aromatic N) is 2. The van der Waals surface area contributed by atoms with Crippen molar-refractivity contribution in [3.8, 4) is 11.3 Å². The van der Waals surface area contributed by atoms with Crippen LogP contribution in [0.5, 0.6) is 0 Å². The van der Waals surface area contributed by atoms with Crippen LogP contribution in [0.3, 0.4) is 0 Å². The van der Waals surface area contributed by atoms with Gasteiger partial charge in [-0.25, -0.2) is 4.98 Å². The molecule has 0 amide bonds. The number of halogens is 1. The predicted molar refractivity (Wildman–Crippen MR) is 67.8 cm³/mol. The summed E-state index contributed by atoms with van der Waals surface area (Å²) in [4.78, 5) is 19.0. The molecule has 0 saturated heterocycles. The van der Waals surface area contributed by atoms with Crippen molar-refractivity contribution in [2.45, 2.75) is 13.3 Å². The zero-order valence-corrected chi connectivity index (χ0v) is 10.5. The van der Waals surface area contributed by atoms with Crippen molar-refractivity contribution < 1.29 is 13.9 Å². The molecule has 4 nitrogen and oxygen atoms in total. The van der Waals surface area contributed by atoms with E-state index in [4.69, 9.17) is 4.74 Å². The van der Waals surface area contributed by atoms with Gasteiger partial charge in [0.05, 0.1) is 18.7 Å². The molecule has 0 aromatic carbocycles. The lowest BCUT2D eigenvalue weighted by Crippen LogP contribution is -2.07. The lowest BCUT2D eigenvalue weighted by atomic mass is 10.1.